The van der Waals surface area contributed by atoms with E-state index in [4.69, 9.17) is 0 Å². The first kappa shape index (κ1) is 18.5. The zero-order valence-corrected chi connectivity index (χ0v) is 16.8. The number of nitrogens with zero attached hydrogens (tertiary/aromatic N) is 2. The monoisotopic (exact) mass is 379 g/mol. The Labute approximate surface area is 168 Å². The average molecular weight is 380 g/mol. The Hall–Kier alpha value is -1.49. The van der Waals surface area contributed by atoms with Gasteiger partial charge in [0.2, 0.25) is 0 Å². The van der Waals surface area contributed by atoms with Crippen molar-refractivity contribution in [3.8, 4) is 0 Å². The fourth-order valence-corrected chi connectivity index (χ4v) is 6.04. The smallest absolute Gasteiger partial charge is 0.0710 e. The zero-order chi connectivity index (χ0) is 19.0. The molecule has 1 aromatic heterocycles. The second-order valence-electron chi connectivity index (χ2n) is 9.45. The molecule has 0 bridgehead atoms. The van der Waals surface area contributed by atoms with Gasteiger partial charge >= 0.3 is 0 Å². The van der Waals surface area contributed by atoms with Gasteiger partial charge in [-0.05, 0) is 81.1 Å². The van der Waals surface area contributed by atoms with Crippen LogP contribution in [0.4, 0.5) is 0 Å². The van der Waals surface area contributed by atoms with Gasteiger partial charge in [-0.1, -0.05) is 18.2 Å². The number of hydrogen-bond donors (Lipinski definition) is 2. The number of benzene rings is 1. The minimum Gasteiger partial charge on any atom is -0.391 e. The van der Waals surface area contributed by atoms with E-state index in [9.17, 15) is 5.11 Å². The Morgan fingerprint density at radius 3 is 2.64 bits per heavy atom. The van der Waals surface area contributed by atoms with Crippen LogP contribution < -0.4 is 5.32 Å². The van der Waals surface area contributed by atoms with Gasteiger partial charge in [0.1, 0.15) is 0 Å². The molecule has 2 aromatic rings. The fraction of sp³-hybridized carbons (Fsp3) is 0.625. The molecule has 4 heteroatoms. The topological polar surface area (TPSA) is 48.4 Å². The molecule has 3 aliphatic rings. The molecule has 28 heavy (non-hydrogen) atoms. The van der Waals surface area contributed by atoms with E-state index in [0.29, 0.717) is 17.4 Å². The number of rotatable bonds is 3. The van der Waals surface area contributed by atoms with Crippen LogP contribution in [0, 0.1) is 11.3 Å². The lowest BCUT2D eigenvalue weighted by Crippen LogP contribution is -2.44. The van der Waals surface area contributed by atoms with Crippen LogP contribution in [0.1, 0.15) is 44.1 Å². The second kappa shape index (κ2) is 7.74. The van der Waals surface area contributed by atoms with E-state index in [1.54, 1.807) is 0 Å². The number of aromatic nitrogens is 1. The van der Waals surface area contributed by atoms with Crippen molar-refractivity contribution in [2.24, 2.45) is 11.3 Å². The van der Waals surface area contributed by atoms with Gasteiger partial charge in [0, 0.05) is 36.6 Å². The van der Waals surface area contributed by atoms with Crippen LogP contribution in [-0.4, -0.2) is 53.3 Å². The molecule has 150 valence electrons. The number of likely N-dealkylation sites (tertiary alicyclic amines) is 1. The number of aliphatic hydroxyl groups excluding tert-OH is 1. The molecule has 4 nitrogen and oxygen atoms in total. The summed E-state index contributed by atoms with van der Waals surface area (Å²) in [5.74, 6) is 0.334. The molecule has 2 atom stereocenters. The van der Waals surface area contributed by atoms with Crippen molar-refractivity contribution in [1.29, 1.82) is 0 Å². The quantitative estimate of drug-likeness (QED) is 0.858. The Bertz CT molecular complexity index is 801. The van der Waals surface area contributed by atoms with Crippen molar-refractivity contribution in [1.82, 2.24) is 15.2 Å². The van der Waals surface area contributed by atoms with Gasteiger partial charge in [-0.15, -0.1) is 0 Å². The third-order valence-corrected chi connectivity index (χ3v) is 7.85. The minimum absolute atomic E-state index is 0.207. The number of nitrogens with one attached hydrogen (secondary N) is 1. The number of fused-ring (bicyclic) bond motifs is 1. The largest absolute Gasteiger partial charge is 0.391 e. The Morgan fingerprint density at radius 1 is 1.04 bits per heavy atom. The molecule has 0 amide bonds. The number of para-hydroxylation sites is 1. The molecule has 2 aliphatic heterocycles. The third kappa shape index (κ3) is 3.58. The summed E-state index contributed by atoms with van der Waals surface area (Å²) in [4.78, 5) is 7.09. The van der Waals surface area contributed by atoms with Crippen molar-refractivity contribution in [3.63, 3.8) is 0 Å². The number of pyridine rings is 1. The molecule has 2 N–H and O–H groups in total. The van der Waals surface area contributed by atoms with Crippen molar-refractivity contribution in [2.75, 3.05) is 26.2 Å². The molecule has 1 saturated carbocycles. The molecular formula is C24H33N3O. The molecular weight excluding hydrogens is 346 g/mol. The number of hydrogen-bond acceptors (Lipinski definition) is 4. The van der Waals surface area contributed by atoms with Crippen LogP contribution >= 0.6 is 0 Å². The third-order valence-electron chi connectivity index (χ3n) is 7.85. The molecule has 2 saturated heterocycles. The summed E-state index contributed by atoms with van der Waals surface area (Å²) in [6, 6.07) is 11.2. The van der Waals surface area contributed by atoms with Gasteiger partial charge < -0.3 is 10.4 Å². The van der Waals surface area contributed by atoms with E-state index >= 15 is 0 Å². The number of piperidine rings is 1. The van der Waals surface area contributed by atoms with Crippen molar-refractivity contribution >= 4 is 10.9 Å². The highest BCUT2D eigenvalue weighted by molar-refractivity contribution is 5.81. The van der Waals surface area contributed by atoms with Crippen LogP contribution in [0.5, 0.6) is 0 Å². The van der Waals surface area contributed by atoms with Crippen LogP contribution in [-0.2, 0) is 6.42 Å². The van der Waals surface area contributed by atoms with Crippen LogP contribution in [0.25, 0.3) is 10.9 Å². The van der Waals surface area contributed by atoms with Gasteiger partial charge in [-0.2, -0.15) is 0 Å². The molecule has 3 fully saturated rings. The maximum absolute atomic E-state index is 10.8. The van der Waals surface area contributed by atoms with E-state index in [2.05, 4.69) is 39.5 Å². The molecule has 1 aliphatic carbocycles. The highest BCUT2D eigenvalue weighted by atomic mass is 16.3. The molecule has 2 unspecified atom stereocenters. The van der Waals surface area contributed by atoms with Gasteiger partial charge in [0.05, 0.1) is 11.6 Å². The molecule has 0 radical (unpaired) electrons. The Kier molecular flexibility index (Phi) is 5.12. The zero-order valence-electron chi connectivity index (χ0n) is 16.8. The lowest BCUT2D eigenvalue weighted by atomic mass is 9.67. The average Bonchev–Trinajstić information content (AvgIpc) is 3.10. The summed E-state index contributed by atoms with van der Waals surface area (Å²) >= 11 is 0. The summed E-state index contributed by atoms with van der Waals surface area (Å²) < 4.78 is 0. The number of aliphatic hydroxyl groups is 1. The van der Waals surface area contributed by atoms with Crippen LogP contribution in [0.15, 0.2) is 36.5 Å². The lowest BCUT2D eigenvalue weighted by Gasteiger charge is -2.45. The van der Waals surface area contributed by atoms with Gasteiger partial charge in [0.15, 0.2) is 0 Å². The highest BCUT2D eigenvalue weighted by Gasteiger charge is 2.41. The maximum atomic E-state index is 10.8. The van der Waals surface area contributed by atoms with Gasteiger partial charge in [-0.25, -0.2) is 0 Å². The fourth-order valence-electron chi connectivity index (χ4n) is 6.04. The first-order valence-corrected chi connectivity index (χ1v) is 11.2. The SMILES string of the molecule is OC1CN(C2CCC3(CCNCC3)CC2)CC1Cc1ccnc2ccccc12. The molecule has 3 heterocycles. The van der Waals surface area contributed by atoms with Crippen LogP contribution in [0.2, 0.25) is 0 Å². The van der Waals surface area contributed by atoms with Crippen molar-refractivity contribution in [3.05, 3.63) is 42.1 Å². The second-order valence-corrected chi connectivity index (χ2v) is 9.45. The number of β-amino-alcohol motifs (C(OH)–C–C–N with tert-alkyl or cyclic N) is 1. The van der Waals surface area contributed by atoms with E-state index < -0.39 is 0 Å². The first-order chi connectivity index (χ1) is 13.7. The highest BCUT2D eigenvalue weighted by Crippen LogP contribution is 2.45. The van der Waals surface area contributed by atoms with Crippen molar-refractivity contribution < 1.29 is 5.11 Å². The van der Waals surface area contributed by atoms with E-state index in [1.165, 1.54) is 62.6 Å². The lowest BCUT2D eigenvalue weighted by molar-refractivity contribution is 0.0688. The predicted octanol–water partition coefficient (Wildman–Crippen LogP) is 3.38. The van der Waals surface area contributed by atoms with Crippen molar-refractivity contribution in [2.45, 2.75) is 57.1 Å². The van der Waals surface area contributed by atoms with E-state index in [-0.39, 0.29) is 6.10 Å². The van der Waals surface area contributed by atoms with Gasteiger partial charge in [-0.3, -0.25) is 9.88 Å². The Balaban J connectivity index is 1.23. The molecule has 5 rings (SSSR count). The summed E-state index contributed by atoms with van der Waals surface area (Å²) in [5, 5.41) is 15.6. The van der Waals surface area contributed by atoms with Crippen LogP contribution in [0.3, 0.4) is 0 Å². The summed E-state index contributed by atoms with van der Waals surface area (Å²) in [6.07, 6.45) is 10.8. The normalized spacial score (nSPS) is 28.9. The minimum atomic E-state index is -0.207. The summed E-state index contributed by atoms with van der Waals surface area (Å²) in [5.41, 5.74) is 3.01. The maximum Gasteiger partial charge on any atom is 0.0710 e. The van der Waals surface area contributed by atoms with E-state index in [0.717, 1.165) is 25.0 Å². The molecule has 1 spiro atoms. The predicted molar refractivity (Wildman–Crippen MR) is 113 cm³/mol. The molecule has 1 aromatic carbocycles. The van der Waals surface area contributed by atoms with Gasteiger partial charge in [0.25, 0.3) is 0 Å². The first-order valence-electron chi connectivity index (χ1n) is 11.2. The van der Waals surface area contributed by atoms with E-state index in [1.807, 2.05) is 12.3 Å². The summed E-state index contributed by atoms with van der Waals surface area (Å²) in [6.45, 7) is 4.30. The standard InChI is InChI=1S/C24H33N3O/c28-23-17-27(20-5-8-24(9-6-20)10-13-25-14-11-24)16-19(23)15-18-7-12-26-22-4-2-1-3-21(18)22/h1-4,7,12,19-20,23,25,28H,5-6,8-11,13-17H2. The Morgan fingerprint density at radius 2 is 1.82 bits per heavy atom. The summed E-state index contributed by atoms with van der Waals surface area (Å²) in [7, 11) is 0.